The summed E-state index contributed by atoms with van der Waals surface area (Å²) in [6.07, 6.45) is 7.37. The van der Waals surface area contributed by atoms with Gasteiger partial charge in [-0.1, -0.05) is 19.3 Å². The van der Waals surface area contributed by atoms with Crippen LogP contribution in [0.3, 0.4) is 0 Å². The summed E-state index contributed by atoms with van der Waals surface area (Å²) in [5, 5.41) is 0. The Hall–Kier alpha value is -1.10. The van der Waals surface area contributed by atoms with Gasteiger partial charge in [-0.3, -0.25) is 9.59 Å². The highest BCUT2D eigenvalue weighted by atomic mass is 16.5. The Morgan fingerprint density at radius 1 is 1.19 bits per heavy atom. The maximum atomic E-state index is 12.8. The van der Waals surface area contributed by atoms with Gasteiger partial charge in [0.1, 0.15) is 5.92 Å². The molecule has 1 saturated carbocycles. The van der Waals surface area contributed by atoms with E-state index in [1.807, 2.05) is 4.90 Å². The number of rotatable bonds is 1. The topological polar surface area (TPSA) is 49.9 Å². The van der Waals surface area contributed by atoms with Crippen molar-refractivity contribution in [1.82, 2.24) is 9.80 Å². The molecule has 21 heavy (non-hydrogen) atoms. The van der Waals surface area contributed by atoms with Crippen molar-refractivity contribution in [3.63, 3.8) is 0 Å². The predicted octanol–water partition coefficient (Wildman–Crippen LogP) is 1.42. The van der Waals surface area contributed by atoms with Crippen LogP contribution in [0.4, 0.5) is 0 Å². The molecule has 3 aliphatic rings. The monoisotopic (exact) mass is 294 g/mol. The normalized spacial score (nSPS) is 29.8. The van der Waals surface area contributed by atoms with Gasteiger partial charge >= 0.3 is 0 Å². The predicted molar refractivity (Wildman–Crippen MR) is 78.7 cm³/mol. The van der Waals surface area contributed by atoms with Crippen molar-refractivity contribution in [1.29, 1.82) is 0 Å². The van der Waals surface area contributed by atoms with Crippen LogP contribution in [0.5, 0.6) is 0 Å². The number of carbonyl (C=O) groups is 2. The Bertz CT molecular complexity index is 412. The van der Waals surface area contributed by atoms with Crippen molar-refractivity contribution in [2.24, 2.45) is 5.92 Å². The maximum Gasteiger partial charge on any atom is 0.235 e. The van der Waals surface area contributed by atoms with Gasteiger partial charge in [0.15, 0.2) is 0 Å². The van der Waals surface area contributed by atoms with Crippen LogP contribution in [-0.2, 0) is 14.3 Å². The standard InChI is InChI=1S/C16H26N2O3/c1-17-9-5-6-13(14(17)19)15(20)18-10-11-21-16(12-18)7-3-2-4-8-16/h13H,2-12H2,1H3. The van der Waals surface area contributed by atoms with Crippen molar-refractivity contribution < 1.29 is 14.3 Å². The SMILES string of the molecule is CN1CCCC(C(=O)N2CCOC3(CCCCC3)C2)C1=O. The number of amides is 2. The van der Waals surface area contributed by atoms with Crippen molar-refractivity contribution in [2.45, 2.75) is 50.5 Å². The molecule has 0 bridgehead atoms. The summed E-state index contributed by atoms with van der Waals surface area (Å²) in [6.45, 7) is 2.70. The summed E-state index contributed by atoms with van der Waals surface area (Å²) in [7, 11) is 1.80. The lowest BCUT2D eigenvalue weighted by molar-refractivity contribution is -0.164. The quantitative estimate of drug-likeness (QED) is 0.687. The van der Waals surface area contributed by atoms with E-state index in [1.54, 1.807) is 11.9 Å². The van der Waals surface area contributed by atoms with Crippen LogP contribution in [-0.4, -0.2) is 60.5 Å². The van der Waals surface area contributed by atoms with E-state index < -0.39 is 5.92 Å². The van der Waals surface area contributed by atoms with E-state index in [2.05, 4.69) is 0 Å². The molecule has 0 aromatic rings. The lowest BCUT2D eigenvalue weighted by Gasteiger charge is -2.46. The van der Waals surface area contributed by atoms with Gasteiger partial charge in [-0.05, 0) is 25.7 Å². The van der Waals surface area contributed by atoms with Crippen molar-refractivity contribution in [3.05, 3.63) is 0 Å². The second kappa shape index (κ2) is 5.95. The fraction of sp³-hybridized carbons (Fsp3) is 0.875. The lowest BCUT2D eigenvalue weighted by Crippen LogP contribution is -2.57. The molecule has 2 saturated heterocycles. The summed E-state index contributed by atoms with van der Waals surface area (Å²) in [5.74, 6) is -0.433. The summed E-state index contributed by atoms with van der Waals surface area (Å²) in [4.78, 5) is 28.6. The van der Waals surface area contributed by atoms with Gasteiger partial charge in [-0.25, -0.2) is 0 Å². The summed E-state index contributed by atoms with van der Waals surface area (Å²) < 4.78 is 6.03. The molecular weight excluding hydrogens is 268 g/mol. The zero-order valence-electron chi connectivity index (χ0n) is 13.0. The minimum atomic E-state index is -0.456. The number of carbonyl (C=O) groups excluding carboxylic acids is 2. The number of hydrogen-bond acceptors (Lipinski definition) is 3. The first-order valence-electron chi connectivity index (χ1n) is 8.29. The maximum absolute atomic E-state index is 12.8. The molecule has 2 amide bonds. The molecule has 0 N–H and O–H groups in total. The number of nitrogens with zero attached hydrogens (tertiary/aromatic N) is 2. The Morgan fingerprint density at radius 3 is 2.71 bits per heavy atom. The van der Waals surface area contributed by atoms with Gasteiger partial charge in [0.05, 0.1) is 12.2 Å². The van der Waals surface area contributed by atoms with E-state index >= 15 is 0 Å². The van der Waals surface area contributed by atoms with Crippen LogP contribution in [0, 0.1) is 5.92 Å². The fourth-order valence-corrected chi connectivity index (χ4v) is 4.01. The largest absolute Gasteiger partial charge is 0.371 e. The van der Waals surface area contributed by atoms with Crippen LogP contribution in [0.1, 0.15) is 44.9 Å². The Labute approximate surface area is 126 Å². The first-order valence-corrected chi connectivity index (χ1v) is 8.29. The third kappa shape index (κ3) is 2.93. The van der Waals surface area contributed by atoms with Gasteiger partial charge in [-0.2, -0.15) is 0 Å². The third-order valence-corrected chi connectivity index (χ3v) is 5.28. The van der Waals surface area contributed by atoms with E-state index in [0.717, 1.165) is 25.8 Å². The minimum absolute atomic E-state index is 0.00423. The van der Waals surface area contributed by atoms with Crippen LogP contribution >= 0.6 is 0 Å². The van der Waals surface area contributed by atoms with Gasteiger partial charge in [0.2, 0.25) is 11.8 Å². The molecule has 118 valence electrons. The van der Waals surface area contributed by atoms with Crippen LogP contribution in [0.15, 0.2) is 0 Å². The number of ether oxygens (including phenoxy) is 1. The van der Waals surface area contributed by atoms with Crippen LogP contribution in [0.2, 0.25) is 0 Å². The molecule has 3 fully saturated rings. The Balaban J connectivity index is 1.68. The highest BCUT2D eigenvalue weighted by Crippen LogP contribution is 2.35. The first-order chi connectivity index (χ1) is 10.1. The second-order valence-corrected chi connectivity index (χ2v) is 6.81. The summed E-state index contributed by atoms with van der Waals surface area (Å²) in [5.41, 5.74) is -0.129. The van der Waals surface area contributed by atoms with Crippen molar-refractivity contribution in [3.8, 4) is 0 Å². The Morgan fingerprint density at radius 2 is 1.95 bits per heavy atom. The van der Waals surface area contributed by atoms with Crippen molar-refractivity contribution in [2.75, 3.05) is 33.3 Å². The summed E-state index contributed by atoms with van der Waals surface area (Å²) in [6, 6.07) is 0. The molecule has 2 heterocycles. The van der Waals surface area contributed by atoms with Crippen molar-refractivity contribution >= 4 is 11.8 Å². The van der Waals surface area contributed by atoms with E-state index in [4.69, 9.17) is 4.74 Å². The molecular formula is C16H26N2O3. The number of likely N-dealkylation sites (tertiary alicyclic amines) is 1. The van der Waals surface area contributed by atoms with Gasteiger partial charge in [-0.15, -0.1) is 0 Å². The fourth-order valence-electron chi connectivity index (χ4n) is 4.01. The molecule has 5 heteroatoms. The van der Waals surface area contributed by atoms with Gasteiger partial charge < -0.3 is 14.5 Å². The highest BCUT2D eigenvalue weighted by Gasteiger charge is 2.42. The molecule has 5 nitrogen and oxygen atoms in total. The molecule has 0 radical (unpaired) electrons. The highest BCUT2D eigenvalue weighted by molar-refractivity contribution is 6.00. The van der Waals surface area contributed by atoms with E-state index in [1.165, 1.54) is 19.3 Å². The van der Waals surface area contributed by atoms with E-state index in [9.17, 15) is 9.59 Å². The van der Waals surface area contributed by atoms with Crippen LogP contribution in [0.25, 0.3) is 0 Å². The number of morpholine rings is 1. The second-order valence-electron chi connectivity index (χ2n) is 6.81. The third-order valence-electron chi connectivity index (χ3n) is 5.28. The molecule has 1 atom stereocenters. The molecule has 1 spiro atoms. The lowest BCUT2D eigenvalue weighted by atomic mass is 9.83. The zero-order valence-corrected chi connectivity index (χ0v) is 13.0. The smallest absolute Gasteiger partial charge is 0.235 e. The van der Waals surface area contributed by atoms with Gasteiger partial charge in [0.25, 0.3) is 0 Å². The van der Waals surface area contributed by atoms with Crippen LogP contribution < -0.4 is 0 Å². The van der Waals surface area contributed by atoms with E-state index in [-0.39, 0.29) is 17.4 Å². The molecule has 0 aromatic carbocycles. The molecule has 3 rings (SSSR count). The van der Waals surface area contributed by atoms with Gasteiger partial charge in [0, 0.05) is 26.7 Å². The molecule has 1 unspecified atom stereocenters. The number of hydrogen-bond donors (Lipinski definition) is 0. The zero-order chi connectivity index (χ0) is 14.9. The molecule has 2 aliphatic heterocycles. The minimum Gasteiger partial charge on any atom is -0.371 e. The molecule has 1 aliphatic carbocycles. The average molecular weight is 294 g/mol. The van der Waals surface area contributed by atoms with E-state index in [0.29, 0.717) is 26.1 Å². The first kappa shape index (κ1) is 14.8. The Kier molecular flexibility index (Phi) is 4.20. The summed E-state index contributed by atoms with van der Waals surface area (Å²) >= 11 is 0. The average Bonchev–Trinajstić information content (AvgIpc) is 2.50. The molecule has 0 aromatic heterocycles. The number of piperidine rings is 1.